The van der Waals surface area contributed by atoms with E-state index in [0.29, 0.717) is 19.3 Å². The second kappa shape index (κ2) is 61.6. The summed E-state index contributed by atoms with van der Waals surface area (Å²) in [5.41, 5.74) is 0. The highest BCUT2D eigenvalue weighted by Gasteiger charge is 2.47. The van der Waals surface area contributed by atoms with Crippen LogP contribution in [0.3, 0.4) is 0 Å². The lowest BCUT2D eigenvalue weighted by atomic mass is 9.99. The van der Waals surface area contributed by atoms with Crippen molar-refractivity contribution in [2.45, 2.75) is 384 Å². The predicted molar refractivity (Wildman–Crippen MR) is 356 cm³/mol. The molecule has 1 rings (SSSR count). The number of carbonyl (C=O) groups excluding carboxylic acids is 2. The largest absolute Gasteiger partial charge is 0.454 e. The predicted octanol–water partition coefficient (Wildman–Crippen LogP) is 18.5. The summed E-state index contributed by atoms with van der Waals surface area (Å²) in [5, 5.41) is 57.2. The van der Waals surface area contributed by atoms with Crippen molar-refractivity contribution in [3.8, 4) is 0 Å². The van der Waals surface area contributed by atoms with Crippen LogP contribution in [0, 0.1) is 0 Å². The molecule has 0 saturated carbocycles. The van der Waals surface area contributed by atoms with Gasteiger partial charge >= 0.3 is 5.97 Å². The van der Waals surface area contributed by atoms with Crippen LogP contribution in [-0.2, 0) is 23.8 Å². The molecule has 496 valence electrons. The molecule has 8 atom stereocenters. The van der Waals surface area contributed by atoms with Crippen molar-refractivity contribution in [3.05, 3.63) is 60.8 Å². The maximum absolute atomic E-state index is 13.5. The van der Waals surface area contributed by atoms with Crippen LogP contribution in [0.5, 0.6) is 0 Å². The first kappa shape index (κ1) is 80.4. The fourth-order valence-electron chi connectivity index (χ4n) is 11.2. The van der Waals surface area contributed by atoms with E-state index in [1.165, 1.54) is 199 Å². The van der Waals surface area contributed by atoms with Crippen molar-refractivity contribution in [3.63, 3.8) is 0 Å². The maximum Gasteiger partial charge on any atom is 0.306 e. The number of allylic oxidation sites excluding steroid dienone is 9. The molecule has 0 bridgehead atoms. The molecule has 6 N–H and O–H groups in total. The van der Waals surface area contributed by atoms with Gasteiger partial charge in [0.05, 0.1) is 25.4 Å². The Morgan fingerprint density at radius 3 is 1.24 bits per heavy atom. The number of aliphatic hydroxyl groups excluding tert-OH is 5. The Kier molecular flexibility index (Phi) is 58.2. The van der Waals surface area contributed by atoms with Crippen molar-refractivity contribution in [2.75, 3.05) is 13.2 Å². The van der Waals surface area contributed by atoms with Crippen LogP contribution in [0.25, 0.3) is 0 Å². The third kappa shape index (κ3) is 48.9. The van der Waals surface area contributed by atoms with Crippen LogP contribution in [-0.4, -0.2) is 99.6 Å². The number of esters is 1. The van der Waals surface area contributed by atoms with Gasteiger partial charge < -0.3 is 45.1 Å². The SMILES string of the molecule is CCCCC/C=C\C/C=C\C/C=C\C/C=C\CCCCCCCC(=O)OC1C(OCC(NC(=O)C(O)CCCCCCCCCCCCCCCCCCCCCCCCCC)C(O)/C=C/CCCCCCCCCCC)OC(CO)C(O)C1O. The first-order chi connectivity index (χ1) is 41.7. The first-order valence-electron chi connectivity index (χ1n) is 36.1. The lowest BCUT2D eigenvalue weighted by molar-refractivity contribution is -0.305. The topological polar surface area (TPSA) is 175 Å². The third-order valence-corrected chi connectivity index (χ3v) is 16.9. The Labute approximate surface area is 522 Å². The van der Waals surface area contributed by atoms with E-state index < -0.39 is 67.4 Å². The molecule has 11 nitrogen and oxygen atoms in total. The number of aliphatic hydroxyl groups is 5. The summed E-state index contributed by atoms with van der Waals surface area (Å²) in [6, 6.07) is -1.03. The fourth-order valence-corrected chi connectivity index (χ4v) is 11.2. The van der Waals surface area contributed by atoms with Gasteiger partial charge in [0.2, 0.25) is 5.91 Å². The Morgan fingerprint density at radius 2 is 0.812 bits per heavy atom. The highest BCUT2D eigenvalue weighted by Crippen LogP contribution is 2.26. The van der Waals surface area contributed by atoms with Gasteiger partial charge in [-0.05, 0) is 70.6 Å². The zero-order valence-electron chi connectivity index (χ0n) is 55.2. The monoisotopic (exact) mass is 1200 g/mol. The summed E-state index contributed by atoms with van der Waals surface area (Å²) in [5.74, 6) is -1.20. The number of rotatable bonds is 62. The number of carbonyl (C=O) groups is 2. The molecule has 85 heavy (non-hydrogen) atoms. The number of unbranched alkanes of at least 4 members (excludes halogenated alkanes) is 40. The zero-order valence-corrected chi connectivity index (χ0v) is 55.2. The van der Waals surface area contributed by atoms with E-state index >= 15 is 0 Å². The molecule has 1 heterocycles. The van der Waals surface area contributed by atoms with E-state index in [4.69, 9.17) is 14.2 Å². The smallest absolute Gasteiger partial charge is 0.306 e. The second-order valence-corrected chi connectivity index (χ2v) is 25.0. The molecule has 1 saturated heterocycles. The van der Waals surface area contributed by atoms with Crippen LogP contribution < -0.4 is 5.32 Å². The standard InChI is InChI=1S/C74H135NO10/c1-4-7-10-13-16-19-22-24-26-28-30-32-33-34-36-37-39-41-43-46-49-52-55-58-61-67(78)73(82)75-65(66(77)60-57-54-51-48-45-21-18-15-12-9-6-3)64-83-74-72(71(81)70(80)68(63-76)84-74)85-69(79)62-59-56-53-50-47-44-42-40-38-35-31-29-27-25-23-20-17-14-11-8-5-2/h17,20,25,27,31,35,40,42,57,60,65-68,70-72,74,76-78,80-81H,4-16,18-19,21-24,26,28-30,32-34,36-39,41,43-56,58-59,61-64H2,1-3H3,(H,75,82)/b20-17-,27-25-,35-31-,42-40-,60-57+. The highest BCUT2D eigenvalue weighted by atomic mass is 16.7. The van der Waals surface area contributed by atoms with Gasteiger partial charge in [-0.2, -0.15) is 0 Å². The van der Waals surface area contributed by atoms with Gasteiger partial charge in [-0.15, -0.1) is 0 Å². The molecule has 0 radical (unpaired) electrons. The molecule has 0 spiro atoms. The van der Waals surface area contributed by atoms with Gasteiger partial charge in [-0.1, -0.05) is 319 Å². The summed E-state index contributed by atoms with van der Waals surface area (Å²) in [6.45, 7) is 5.79. The van der Waals surface area contributed by atoms with Gasteiger partial charge in [0.1, 0.15) is 24.4 Å². The van der Waals surface area contributed by atoms with E-state index in [-0.39, 0.29) is 13.0 Å². The van der Waals surface area contributed by atoms with E-state index in [9.17, 15) is 35.1 Å². The minimum absolute atomic E-state index is 0.102. The molecule has 1 fully saturated rings. The highest BCUT2D eigenvalue weighted by molar-refractivity contribution is 5.80. The van der Waals surface area contributed by atoms with Crippen molar-refractivity contribution in [1.29, 1.82) is 0 Å². The van der Waals surface area contributed by atoms with Gasteiger partial charge in [0.15, 0.2) is 12.4 Å². The summed E-state index contributed by atoms with van der Waals surface area (Å²) >= 11 is 0. The van der Waals surface area contributed by atoms with E-state index in [0.717, 1.165) is 89.9 Å². The molecule has 11 heteroatoms. The van der Waals surface area contributed by atoms with Crippen molar-refractivity contribution in [1.82, 2.24) is 5.32 Å². The van der Waals surface area contributed by atoms with E-state index in [1.807, 2.05) is 6.08 Å². The van der Waals surface area contributed by atoms with Crippen LogP contribution >= 0.6 is 0 Å². The number of nitrogens with one attached hydrogen (secondary N) is 1. The molecule has 1 amide bonds. The summed E-state index contributed by atoms with van der Waals surface area (Å²) in [7, 11) is 0. The molecule has 1 aliphatic rings. The Bertz CT molecular complexity index is 1620. The van der Waals surface area contributed by atoms with Crippen molar-refractivity contribution < 1.29 is 49.3 Å². The third-order valence-electron chi connectivity index (χ3n) is 16.9. The Balaban J connectivity index is 2.56. The normalized spacial score (nSPS) is 18.7. The molecular formula is C74H135NO10. The van der Waals surface area contributed by atoms with Gasteiger partial charge in [0.25, 0.3) is 0 Å². The summed E-state index contributed by atoms with van der Waals surface area (Å²) < 4.78 is 17.7. The first-order valence-corrected chi connectivity index (χ1v) is 36.1. The summed E-state index contributed by atoms with van der Waals surface area (Å²) in [4.78, 5) is 26.7. The maximum atomic E-state index is 13.5. The lowest BCUT2D eigenvalue weighted by Gasteiger charge is -2.41. The number of hydrogen-bond acceptors (Lipinski definition) is 10. The minimum atomic E-state index is -1.62. The molecule has 8 unspecified atom stereocenters. The molecule has 1 aliphatic heterocycles. The van der Waals surface area contributed by atoms with Gasteiger partial charge in [-0.25, -0.2) is 0 Å². The number of ether oxygens (including phenoxy) is 3. The Morgan fingerprint density at radius 1 is 0.459 bits per heavy atom. The number of amides is 1. The average molecular weight is 1200 g/mol. The summed E-state index contributed by atoms with van der Waals surface area (Å²) in [6.07, 6.45) is 68.4. The number of hydrogen-bond donors (Lipinski definition) is 6. The molecule has 0 aromatic carbocycles. The van der Waals surface area contributed by atoms with Crippen molar-refractivity contribution in [2.24, 2.45) is 0 Å². The lowest BCUT2D eigenvalue weighted by Crippen LogP contribution is -2.61. The zero-order chi connectivity index (χ0) is 61.7. The van der Waals surface area contributed by atoms with Crippen LogP contribution in [0.4, 0.5) is 0 Å². The minimum Gasteiger partial charge on any atom is -0.454 e. The molecular weight excluding hydrogens is 1060 g/mol. The van der Waals surface area contributed by atoms with Crippen LogP contribution in [0.2, 0.25) is 0 Å². The Hall–Kier alpha value is -2.64. The average Bonchev–Trinajstić information content (AvgIpc) is 2.91. The van der Waals surface area contributed by atoms with Gasteiger partial charge in [-0.3, -0.25) is 9.59 Å². The van der Waals surface area contributed by atoms with Crippen LogP contribution in [0.15, 0.2) is 60.8 Å². The van der Waals surface area contributed by atoms with Gasteiger partial charge in [0, 0.05) is 6.42 Å². The molecule has 0 aliphatic carbocycles. The van der Waals surface area contributed by atoms with E-state index in [1.54, 1.807) is 6.08 Å². The van der Waals surface area contributed by atoms with Crippen molar-refractivity contribution >= 4 is 11.9 Å². The molecule has 0 aromatic rings. The van der Waals surface area contributed by atoms with Crippen LogP contribution in [0.1, 0.15) is 335 Å². The second-order valence-electron chi connectivity index (χ2n) is 25.0. The molecule has 0 aromatic heterocycles. The van der Waals surface area contributed by atoms with E-state index in [2.05, 4.69) is 74.7 Å². The fraction of sp³-hybridized carbons (Fsp3) is 0.838. The quantitative estimate of drug-likeness (QED) is 0.0195.